The number of carbonyl (C=O) groups excluding carboxylic acids is 2. The van der Waals surface area contributed by atoms with E-state index in [4.69, 9.17) is 9.72 Å². The van der Waals surface area contributed by atoms with Crippen molar-refractivity contribution in [1.82, 2.24) is 9.88 Å². The van der Waals surface area contributed by atoms with Crippen molar-refractivity contribution >= 4 is 34.4 Å². The highest BCUT2D eigenvalue weighted by Gasteiger charge is 2.29. The van der Waals surface area contributed by atoms with Gasteiger partial charge < -0.3 is 9.64 Å². The van der Waals surface area contributed by atoms with Crippen molar-refractivity contribution in [3.05, 3.63) is 76.5 Å². The number of fused-ring (bicyclic) bond motifs is 2. The lowest BCUT2D eigenvalue weighted by atomic mass is 10.0. The lowest BCUT2D eigenvalue weighted by molar-refractivity contribution is -0.138. The van der Waals surface area contributed by atoms with E-state index in [0.717, 1.165) is 39.7 Å². The second-order valence-corrected chi connectivity index (χ2v) is 9.48. The van der Waals surface area contributed by atoms with Crippen LogP contribution in [0.15, 0.2) is 48.5 Å². The van der Waals surface area contributed by atoms with Crippen LogP contribution in [-0.4, -0.2) is 40.5 Å². The first-order valence-electron chi connectivity index (χ1n) is 11.9. The molecule has 1 amide bonds. The van der Waals surface area contributed by atoms with Gasteiger partial charge in [0.1, 0.15) is 0 Å². The summed E-state index contributed by atoms with van der Waals surface area (Å²) in [7, 11) is 0. The average Bonchev–Trinajstić information content (AvgIpc) is 3.18. The Morgan fingerprint density at radius 3 is 2.35 bits per heavy atom. The van der Waals surface area contributed by atoms with Crippen LogP contribution in [0.1, 0.15) is 66.9 Å². The molecular formula is C29H32N2O3. The Bertz CT molecular complexity index is 1250. The van der Waals surface area contributed by atoms with Gasteiger partial charge in [-0.05, 0) is 76.3 Å². The van der Waals surface area contributed by atoms with Gasteiger partial charge in [0.05, 0.1) is 16.8 Å². The Kier molecular flexibility index (Phi) is 6.82. The van der Waals surface area contributed by atoms with E-state index in [1.54, 1.807) is 4.90 Å². The molecule has 0 bridgehead atoms. The van der Waals surface area contributed by atoms with Gasteiger partial charge in [0.2, 0.25) is 0 Å². The smallest absolute Gasteiger partial charge is 0.339 e. The number of hydrogen-bond donors (Lipinski definition) is 0. The van der Waals surface area contributed by atoms with Gasteiger partial charge in [-0.1, -0.05) is 48.0 Å². The van der Waals surface area contributed by atoms with E-state index in [0.29, 0.717) is 12.0 Å². The molecule has 0 atom stereocenters. The molecule has 0 N–H and O–H groups in total. The maximum atomic E-state index is 13.3. The molecule has 176 valence electrons. The lowest BCUT2D eigenvalue weighted by Gasteiger charge is -2.30. The van der Waals surface area contributed by atoms with E-state index in [9.17, 15) is 9.59 Å². The highest BCUT2D eigenvalue weighted by Crippen LogP contribution is 2.37. The molecule has 34 heavy (non-hydrogen) atoms. The van der Waals surface area contributed by atoms with Gasteiger partial charge in [-0.15, -0.1) is 0 Å². The predicted molar refractivity (Wildman–Crippen MR) is 137 cm³/mol. The van der Waals surface area contributed by atoms with Crippen LogP contribution in [0.25, 0.3) is 22.6 Å². The molecule has 0 radical (unpaired) electrons. The summed E-state index contributed by atoms with van der Waals surface area (Å²) in [6.45, 7) is 9.65. The quantitative estimate of drug-likeness (QED) is 0.438. The lowest BCUT2D eigenvalue weighted by Crippen LogP contribution is -2.44. The van der Waals surface area contributed by atoms with Gasteiger partial charge in [-0.25, -0.2) is 9.78 Å². The first kappa shape index (κ1) is 23.7. The summed E-state index contributed by atoms with van der Waals surface area (Å²) in [5.41, 5.74) is 6.47. The molecule has 3 aromatic rings. The van der Waals surface area contributed by atoms with Gasteiger partial charge in [0.15, 0.2) is 6.61 Å². The molecule has 5 nitrogen and oxygen atoms in total. The fraction of sp³-hybridized carbons (Fsp3) is 0.345. The number of aromatic nitrogens is 1. The van der Waals surface area contributed by atoms with Crippen LogP contribution in [0.4, 0.5) is 0 Å². The molecule has 4 rings (SSSR count). The van der Waals surface area contributed by atoms with E-state index in [1.807, 2.05) is 52.0 Å². The summed E-state index contributed by atoms with van der Waals surface area (Å²) in [5.74, 6) is -0.652. The monoisotopic (exact) mass is 456 g/mol. The van der Waals surface area contributed by atoms with Crippen LogP contribution in [0.2, 0.25) is 0 Å². The zero-order valence-corrected chi connectivity index (χ0v) is 20.6. The van der Waals surface area contributed by atoms with Crippen molar-refractivity contribution in [2.75, 3.05) is 6.61 Å². The molecule has 0 unspecified atom stereocenters. The Hall–Kier alpha value is -3.47. The number of hydrogen-bond acceptors (Lipinski definition) is 4. The van der Waals surface area contributed by atoms with E-state index in [-0.39, 0.29) is 24.6 Å². The SMILES string of the molecule is Cc1ccc(C=C2CCc3c2nc2ccccc2c3C(=O)OCC(=O)N(C(C)C)C(C)C)cc1. The van der Waals surface area contributed by atoms with Crippen LogP contribution in [0.3, 0.4) is 0 Å². The maximum Gasteiger partial charge on any atom is 0.339 e. The molecule has 0 spiro atoms. The third kappa shape index (κ3) is 4.74. The van der Waals surface area contributed by atoms with Gasteiger partial charge in [0.25, 0.3) is 5.91 Å². The largest absolute Gasteiger partial charge is 0.452 e. The number of ether oxygens (including phenoxy) is 1. The molecule has 0 saturated carbocycles. The number of aryl methyl sites for hydroxylation is 1. The summed E-state index contributed by atoms with van der Waals surface area (Å²) >= 11 is 0. The highest BCUT2D eigenvalue weighted by molar-refractivity contribution is 6.07. The summed E-state index contributed by atoms with van der Waals surface area (Å²) in [5, 5.41) is 0.764. The van der Waals surface area contributed by atoms with Gasteiger partial charge in [0, 0.05) is 17.5 Å². The summed E-state index contributed by atoms with van der Waals surface area (Å²) in [6.07, 6.45) is 3.67. The number of carbonyl (C=O) groups is 2. The van der Waals surface area contributed by atoms with Crippen molar-refractivity contribution in [2.24, 2.45) is 0 Å². The number of benzene rings is 2. The molecule has 0 aliphatic heterocycles. The Balaban J connectivity index is 1.69. The van der Waals surface area contributed by atoms with E-state index in [2.05, 4.69) is 37.3 Å². The molecule has 1 aromatic heterocycles. The summed E-state index contributed by atoms with van der Waals surface area (Å²) < 4.78 is 5.59. The fourth-order valence-corrected chi connectivity index (χ4v) is 4.82. The normalized spacial score (nSPS) is 14.1. The van der Waals surface area contributed by atoms with Crippen LogP contribution in [-0.2, 0) is 16.0 Å². The Labute approximate surface area is 201 Å². The zero-order valence-electron chi connectivity index (χ0n) is 20.6. The van der Waals surface area contributed by atoms with E-state index < -0.39 is 5.97 Å². The first-order chi connectivity index (χ1) is 16.3. The molecule has 1 heterocycles. The van der Waals surface area contributed by atoms with E-state index >= 15 is 0 Å². The summed E-state index contributed by atoms with van der Waals surface area (Å²) in [6, 6.07) is 16.1. The minimum atomic E-state index is -0.466. The van der Waals surface area contributed by atoms with Crippen molar-refractivity contribution in [3.8, 4) is 0 Å². The van der Waals surface area contributed by atoms with Crippen LogP contribution in [0, 0.1) is 6.92 Å². The number of rotatable bonds is 6. The highest BCUT2D eigenvalue weighted by atomic mass is 16.5. The fourth-order valence-electron chi connectivity index (χ4n) is 4.82. The predicted octanol–water partition coefficient (Wildman–Crippen LogP) is 5.83. The number of allylic oxidation sites excluding steroid dienone is 1. The van der Waals surface area contributed by atoms with Crippen LogP contribution < -0.4 is 0 Å². The van der Waals surface area contributed by atoms with Gasteiger partial charge in [-0.2, -0.15) is 0 Å². The molecule has 1 aliphatic rings. The molecular weight excluding hydrogens is 424 g/mol. The van der Waals surface area contributed by atoms with E-state index in [1.165, 1.54) is 5.56 Å². The number of esters is 1. The number of para-hydroxylation sites is 1. The minimum Gasteiger partial charge on any atom is -0.452 e. The molecule has 5 heteroatoms. The minimum absolute atomic E-state index is 0.0340. The van der Waals surface area contributed by atoms with Crippen molar-refractivity contribution in [2.45, 2.75) is 59.5 Å². The number of pyridine rings is 1. The van der Waals surface area contributed by atoms with Crippen LogP contribution >= 0.6 is 0 Å². The maximum absolute atomic E-state index is 13.3. The molecule has 2 aromatic carbocycles. The molecule has 0 fully saturated rings. The topological polar surface area (TPSA) is 59.5 Å². The van der Waals surface area contributed by atoms with Gasteiger partial charge >= 0.3 is 5.97 Å². The van der Waals surface area contributed by atoms with Crippen LogP contribution in [0.5, 0.6) is 0 Å². The second-order valence-electron chi connectivity index (χ2n) is 9.48. The molecule has 1 aliphatic carbocycles. The Morgan fingerprint density at radius 1 is 1.00 bits per heavy atom. The Morgan fingerprint density at radius 2 is 1.68 bits per heavy atom. The zero-order chi connectivity index (χ0) is 24.4. The third-order valence-electron chi connectivity index (χ3n) is 6.29. The van der Waals surface area contributed by atoms with Crippen molar-refractivity contribution < 1.29 is 14.3 Å². The average molecular weight is 457 g/mol. The van der Waals surface area contributed by atoms with Crippen molar-refractivity contribution in [3.63, 3.8) is 0 Å². The number of amides is 1. The second kappa shape index (κ2) is 9.80. The first-order valence-corrected chi connectivity index (χ1v) is 11.9. The van der Waals surface area contributed by atoms with Crippen molar-refractivity contribution in [1.29, 1.82) is 0 Å². The molecule has 0 saturated heterocycles. The standard InChI is InChI=1S/C29H32N2O3/c1-18(2)31(19(3)4)26(32)17-34-29(33)27-23-8-6-7-9-25(23)30-28-22(14-15-24(27)28)16-21-12-10-20(5)11-13-21/h6-13,16,18-19H,14-15,17H2,1-5H3. The number of nitrogens with zero attached hydrogens (tertiary/aromatic N) is 2. The third-order valence-corrected chi connectivity index (χ3v) is 6.29. The summed E-state index contributed by atoms with van der Waals surface area (Å²) in [4.78, 5) is 32.8. The van der Waals surface area contributed by atoms with Gasteiger partial charge in [-0.3, -0.25) is 4.79 Å².